The molecule has 1 saturated heterocycles. The van der Waals surface area contributed by atoms with Crippen LogP contribution in [0.5, 0.6) is 5.75 Å². The lowest BCUT2D eigenvalue weighted by atomic mass is 9.94. The van der Waals surface area contributed by atoms with Gasteiger partial charge >= 0.3 is 6.18 Å². The number of ether oxygens (including phenoxy) is 3. The molecule has 2 aliphatic rings. The molecule has 1 aromatic heterocycles. The number of hydrogen-bond acceptors (Lipinski definition) is 5. The Morgan fingerprint density at radius 1 is 1.12 bits per heavy atom. The minimum Gasteiger partial charge on any atom is -0.491 e. The first kappa shape index (κ1) is 28.9. The van der Waals surface area contributed by atoms with Crippen molar-refractivity contribution in [3.05, 3.63) is 59.5 Å². The van der Waals surface area contributed by atoms with Crippen LogP contribution in [0, 0.1) is 5.82 Å². The third-order valence-corrected chi connectivity index (χ3v) is 9.55. The summed E-state index contributed by atoms with van der Waals surface area (Å²) in [7, 11) is 0.306. The predicted octanol–water partition coefficient (Wildman–Crippen LogP) is 6.75. The van der Waals surface area contributed by atoms with Gasteiger partial charge in [0.1, 0.15) is 30.6 Å². The Morgan fingerprint density at radius 3 is 2.62 bits per heavy atom. The predicted molar refractivity (Wildman–Crippen MR) is 150 cm³/mol. The Hall–Kier alpha value is -2.60. The Bertz CT molecular complexity index is 1340. The molecule has 0 unspecified atom stereocenters. The van der Waals surface area contributed by atoms with E-state index in [0.717, 1.165) is 24.6 Å². The van der Waals surface area contributed by atoms with Crippen LogP contribution in [0.3, 0.4) is 0 Å². The lowest BCUT2D eigenvalue weighted by Crippen LogP contribution is -2.47. The number of methoxy groups -OCH3 is 1. The van der Waals surface area contributed by atoms with Gasteiger partial charge < -0.3 is 24.1 Å². The van der Waals surface area contributed by atoms with Crippen molar-refractivity contribution >= 4 is 24.7 Å². The molecule has 1 fully saturated rings. The number of nitrogens with one attached hydrogen (secondary N) is 1. The Morgan fingerprint density at radius 2 is 1.93 bits per heavy atom. The average molecular weight is 580 g/mol. The number of benzene rings is 2. The van der Waals surface area contributed by atoms with E-state index in [-0.39, 0.29) is 24.9 Å². The van der Waals surface area contributed by atoms with Gasteiger partial charge in [-0.05, 0) is 36.7 Å². The van der Waals surface area contributed by atoms with Gasteiger partial charge in [-0.15, -0.1) is 0 Å². The lowest BCUT2D eigenvalue weighted by Gasteiger charge is -2.39. The van der Waals surface area contributed by atoms with Crippen molar-refractivity contribution in [2.75, 3.05) is 38.7 Å². The van der Waals surface area contributed by atoms with Crippen molar-refractivity contribution in [3.8, 4) is 5.75 Å². The third kappa shape index (κ3) is 6.17. The van der Waals surface area contributed by atoms with Crippen LogP contribution in [-0.2, 0) is 22.4 Å². The van der Waals surface area contributed by atoms with Crippen molar-refractivity contribution in [3.63, 3.8) is 0 Å². The summed E-state index contributed by atoms with van der Waals surface area (Å²) in [5.74, 6) is 0.0347. The normalized spacial score (nSPS) is 21.9. The summed E-state index contributed by atoms with van der Waals surface area (Å²) >= 11 is 0. The number of nitrogens with zero attached hydrogens (tertiary/aromatic N) is 2. The highest BCUT2D eigenvalue weighted by Crippen LogP contribution is 2.41. The molecule has 0 spiro atoms. The van der Waals surface area contributed by atoms with Gasteiger partial charge in [-0.2, -0.15) is 13.2 Å². The summed E-state index contributed by atoms with van der Waals surface area (Å²) in [5.41, 5.74) is 1.02. The molecule has 3 heterocycles. The highest BCUT2D eigenvalue weighted by molar-refractivity contribution is 6.76. The molecular formula is C29H37F4N3O3Si. The maximum absolute atomic E-state index is 14.2. The number of alkyl halides is 3. The number of halogens is 4. The minimum absolute atomic E-state index is 0.100. The van der Waals surface area contributed by atoms with Gasteiger partial charge in [0.25, 0.3) is 0 Å². The largest absolute Gasteiger partial charge is 0.491 e. The van der Waals surface area contributed by atoms with E-state index in [1.54, 1.807) is 31.4 Å². The van der Waals surface area contributed by atoms with Crippen LogP contribution in [0.4, 0.5) is 23.2 Å². The van der Waals surface area contributed by atoms with Gasteiger partial charge in [0, 0.05) is 57.6 Å². The van der Waals surface area contributed by atoms with E-state index >= 15 is 0 Å². The molecule has 3 aromatic rings. The minimum atomic E-state index is -4.55. The fourth-order valence-corrected chi connectivity index (χ4v) is 6.35. The molecule has 0 saturated carbocycles. The first-order valence-electron chi connectivity index (χ1n) is 13.7. The molecule has 3 atom stereocenters. The number of anilines is 1. The molecule has 6 nitrogen and oxygen atoms in total. The van der Waals surface area contributed by atoms with E-state index in [9.17, 15) is 17.6 Å². The molecule has 0 amide bonds. The molecule has 5 rings (SSSR count). The van der Waals surface area contributed by atoms with Crippen molar-refractivity contribution in [2.24, 2.45) is 0 Å². The van der Waals surface area contributed by atoms with Gasteiger partial charge in [-0.25, -0.2) is 4.39 Å². The first-order valence-corrected chi connectivity index (χ1v) is 17.4. The molecule has 0 aliphatic carbocycles. The summed E-state index contributed by atoms with van der Waals surface area (Å²) in [4.78, 5) is 2.27. The molecule has 2 aliphatic heterocycles. The molecule has 0 radical (unpaired) electrons. The molecular weight excluding hydrogens is 542 g/mol. The van der Waals surface area contributed by atoms with Gasteiger partial charge in [0.15, 0.2) is 0 Å². The second-order valence-corrected chi connectivity index (χ2v) is 17.5. The van der Waals surface area contributed by atoms with E-state index in [2.05, 4.69) is 29.9 Å². The SMILES string of the molecule is CO[C@@H]1CCN([C@H]2COc3cc(F)ccc3[C@@H]2Nc2cccc3c2cc(C(F)(F)F)n3COCC[Si](C)(C)C)C1. The standard InChI is InChI=1S/C29H37F4N3O3Si/c1-37-20-10-11-35(16-20)25-17-39-26-14-19(30)8-9-21(26)28(25)34-23-6-5-7-24-22(23)15-27(29(31,32)33)36(24)18-38-12-13-40(2,3)4/h5-9,14-15,20,25,28,34H,10-13,16-18H2,1-4H3/t20-,25+,28+/m1/s1. The van der Waals surface area contributed by atoms with Crippen molar-refractivity contribution in [2.45, 2.75) is 63.2 Å². The van der Waals surface area contributed by atoms with E-state index in [0.29, 0.717) is 42.1 Å². The van der Waals surface area contributed by atoms with E-state index in [1.165, 1.54) is 22.8 Å². The summed E-state index contributed by atoms with van der Waals surface area (Å²) in [5, 5.41) is 3.99. The van der Waals surface area contributed by atoms with Gasteiger partial charge in [0.05, 0.1) is 23.7 Å². The summed E-state index contributed by atoms with van der Waals surface area (Å²) in [6, 6.07) is 11.3. The molecule has 2 aromatic carbocycles. The number of hydrogen-bond donors (Lipinski definition) is 1. The smallest absolute Gasteiger partial charge is 0.431 e. The lowest BCUT2D eigenvalue weighted by molar-refractivity contribution is -0.145. The Balaban J connectivity index is 1.50. The summed E-state index contributed by atoms with van der Waals surface area (Å²) < 4.78 is 75.1. The Kier molecular flexibility index (Phi) is 8.20. The molecule has 40 heavy (non-hydrogen) atoms. The van der Waals surface area contributed by atoms with Crippen LogP contribution in [-0.4, -0.2) is 63.1 Å². The average Bonchev–Trinajstić information content (AvgIpc) is 3.51. The zero-order valence-electron chi connectivity index (χ0n) is 23.4. The maximum atomic E-state index is 14.2. The molecule has 1 N–H and O–H groups in total. The van der Waals surface area contributed by atoms with Crippen LogP contribution in [0.15, 0.2) is 42.5 Å². The fourth-order valence-electron chi connectivity index (χ4n) is 5.59. The third-order valence-electron chi connectivity index (χ3n) is 7.85. The van der Waals surface area contributed by atoms with Crippen LogP contribution < -0.4 is 10.1 Å². The van der Waals surface area contributed by atoms with Crippen LogP contribution >= 0.6 is 0 Å². The highest BCUT2D eigenvalue weighted by atomic mass is 28.3. The number of aromatic nitrogens is 1. The van der Waals surface area contributed by atoms with Crippen LogP contribution in [0.1, 0.15) is 23.7 Å². The van der Waals surface area contributed by atoms with Crippen molar-refractivity contribution in [1.29, 1.82) is 0 Å². The van der Waals surface area contributed by atoms with E-state index in [1.807, 2.05) is 0 Å². The quantitative estimate of drug-likeness (QED) is 0.173. The summed E-state index contributed by atoms with van der Waals surface area (Å²) in [6.07, 6.45) is -3.57. The van der Waals surface area contributed by atoms with Gasteiger partial charge in [-0.3, -0.25) is 4.90 Å². The van der Waals surface area contributed by atoms with Gasteiger partial charge in [0.2, 0.25) is 0 Å². The first-order chi connectivity index (χ1) is 18.9. The number of likely N-dealkylation sites (tertiary alicyclic amines) is 1. The molecule has 11 heteroatoms. The van der Waals surface area contributed by atoms with Crippen LogP contribution in [0.2, 0.25) is 25.7 Å². The number of rotatable bonds is 9. The van der Waals surface area contributed by atoms with Crippen LogP contribution in [0.25, 0.3) is 10.9 Å². The van der Waals surface area contributed by atoms with Crippen molar-refractivity contribution in [1.82, 2.24) is 9.47 Å². The second-order valence-electron chi connectivity index (χ2n) is 11.9. The Labute approximate surface area is 233 Å². The molecule has 218 valence electrons. The van der Waals surface area contributed by atoms with E-state index < -0.39 is 25.8 Å². The monoisotopic (exact) mass is 579 g/mol. The van der Waals surface area contributed by atoms with E-state index in [4.69, 9.17) is 14.2 Å². The van der Waals surface area contributed by atoms with Gasteiger partial charge in [-0.1, -0.05) is 31.8 Å². The number of fused-ring (bicyclic) bond motifs is 2. The second kappa shape index (κ2) is 11.3. The van der Waals surface area contributed by atoms with Crippen molar-refractivity contribution < 1.29 is 31.8 Å². The molecule has 0 bridgehead atoms. The topological polar surface area (TPSA) is 47.9 Å². The zero-order valence-corrected chi connectivity index (χ0v) is 24.4. The summed E-state index contributed by atoms with van der Waals surface area (Å²) in [6.45, 7) is 8.68. The fraction of sp³-hybridized carbons (Fsp3) is 0.517. The highest BCUT2D eigenvalue weighted by Gasteiger charge is 2.40. The maximum Gasteiger partial charge on any atom is 0.431 e. The zero-order chi connectivity index (χ0) is 28.7.